The Morgan fingerprint density at radius 1 is 0.500 bits per heavy atom. The standard InChI is InChI=1S/C22H14O2/c1-11-3-7-15-19-13(11)5-9-17-21(19)22-18(23-15)10-6-14-12(2)4-8-16(24-17)20(14)22/h3-10H,1-2H3. The predicted molar refractivity (Wildman–Crippen MR) is 98.3 cm³/mol. The summed E-state index contributed by atoms with van der Waals surface area (Å²) in [5.41, 5.74) is 8.53. The Balaban J connectivity index is 2.06. The molecule has 0 aromatic heterocycles. The maximum atomic E-state index is 6.28. The van der Waals surface area contributed by atoms with Crippen LogP contribution < -0.4 is 0 Å². The highest BCUT2D eigenvalue weighted by atomic mass is 16.3. The lowest BCUT2D eigenvalue weighted by Crippen LogP contribution is -1.95. The van der Waals surface area contributed by atoms with Crippen LogP contribution in [0.15, 0.2) is 57.4 Å². The molecule has 0 N–H and O–H groups in total. The van der Waals surface area contributed by atoms with Gasteiger partial charge in [-0.25, -0.2) is 0 Å². The third kappa shape index (κ3) is 1.29. The molecule has 2 heteroatoms. The van der Waals surface area contributed by atoms with Gasteiger partial charge in [0.1, 0.15) is 22.3 Å². The minimum atomic E-state index is 0.916. The smallest absolute Gasteiger partial charge is 0.136 e. The molecule has 2 heterocycles. The Kier molecular flexibility index (Phi) is 2.02. The van der Waals surface area contributed by atoms with E-state index in [4.69, 9.17) is 8.83 Å². The molecule has 0 saturated heterocycles. The zero-order chi connectivity index (χ0) is 16.0. The fourth-order valence-electron chi connectivity index (χ4n) is 4.16. The molecule has 2 nitrogen and oxygen atoms in total. The van der Waals surface area contributed by atoms with Gasteiger partial charge in [-0.15, -0.1) is 0 Å². The molecule has 0 atom stereocenters. The van der Waals surface area contributed by atoms with Crippen molar-refractivity contribution in [3.8, 4) is 11.1 Å². The third-order valence-corrected chi connectivity index (χ3v) is 5.34. The summed E-state index contributed by atoms with van der Waals surface area (Å²) in [7, 11) is 0. The lowest BCUT2D eigenvalue weighted by molar-refractivity contribution is 0.646. The second kappa shape index (κ2) is 3.90. The predicted octanol–water partition coefficient (Wildman–Crippen LogP) is 6.64. The normalized spacial score (nSPS) is 12.6. The van der Waals surface area contributed by atoms with Crippen molar-refractivity contribution in [1.29, 1.82) is 0 Å². The van der Waals surface area contributed by atoms with Gasteiger partial charge in [0.05, 0.1) is 0 Å². The molecule has 0 radical (unpaired) electrons. The number of benzene rings is 4. The van der Waals surface area contributed by atoms with Crippen molar-refractivity contribution in [3.63, 3.8) is 0 Å². The summed E-state index contributed by atoms with van der Waals surface area (Å²) in [5.74, 6) is 0. The van der Waals surface area contributed by atoms with E-state index in [1.165, 1.54) is 43.8 Å². The van der Waals surface area contributed by atoms with Gasteiger partial charge in [-0.05, 0) is 60.0 Å². The molecule has 4 aromatic rings. The maximum absolute atomic E-state index is 6.28. The van der Waals surface area contributed by atoms with Crippen molar-refractivity contribution in [1.82, 2.24) is 0 Å². The topological polar surface area (TPSA) is 26.3 Å². The largest absolute Gasteiger partial charge is 0.456 e. The number of hydrogen-bond acceptors (Lipinski definition) is 2. The van der Waals surface area contributed by atoms with E-state index in [9.17, 15) is 0 Å². The van der Waals surface area contributed by atoms with E-state index in [0.717, 1.165) is 22.3 Å². The Labute approximate surface area is 137 Å². The van der Waals surface area contributed by atoms with Gasteiger partial charge >= 0.3 is 0 Å². The molecular formula is C22H14O2. The van der Waals surface area contributed by atoms with Gasteiger partial charge in [-0.2, -0.15) is 0 Å². The van der Waals surface area contributed by atoms with Gasteiger partial charge in [0, 0.05) is 21.9 Å². The molecule has 0 aliphatic carbocycles. The second-order valence-electron chi connectivity index (χ2n) is 6.69. The number of rotatable bonds is 0. The van der Waals surface area contributed by atoms with Crippen molar-refractivity contribution >= 4 is 43.9 Å². The summed E-state index contributed by atoms with van der Waals surface area (Å²) >= 11 is 0. The molecule has 24 heavy (non-hydrogen) atoms. The fourth-order valence-corrected chi connectivity index (χ4v) is 4.16. The number of hydrogen-bond donors (Lipinski definition) is 0. The maximum Gasteiger partial charge on any atom is 0.136 e. The lowest BCUT2D eigenvalue weighted by atomic mass is 9.88. The van der Waals surface area contributed by atoms with Crippen LogP contribution in [0.25, 0.3) is 55.0 Å². The van der Waals surface area contributed by atoms with Crippen LogP contribution in [0.5, 0.6) is 0 Å². The molecular weight excluding hydrogens is 296 g/mol. The first-order valence-electron chi connectivity index (χ1n) is 8.21. The van der Waals surface area contributed by atoms with Crippen LogP contribution in [0.4, 0.5) is 0 Å². The van der Waals surface area contributed by atoms with E-state index in [1.807, 2.05) is 0 Å². The van der Waals surface area contributed by atoms with Crippen molar-refractivity contribution in [2.24, 2.45) is 0 Å². The van der Waals surface area contributed by atoms with Crippen molar-refractivity contribution in [2.45, 2.75) is 13.8 Å². The minimum Gasteiger partial charge on any atom is -0.456 e. The van der Waals surface area contributed by atoms with Gasteiger partial charge in [0.25, 0.3) is 0 Å². The van der Waals surface area contributed by atoms with Gasteiger partial charge < -0.3 is 8.83 Å². The van der Waals surface area contributed by atoms with E-state index in [2.05, 4.69) is 62.4 Å². The van der Waals surface area contributed by atoms with Crippen molar-refractivity contribution in [3.05, 3.63) is 59.7 Å². The van der Waals surface area contributed by atoms with E-state index in [1.54, 1.807) is 0 Å². The monoisotopic (exact) mass is 310 g/mol. The highest BCUT2D eigenvalue weighted by molar-refractivity contribution is 6.23. The van der Waals surface area contributed by atoms with Crippen LogP contribution in [0.2, 0.25) is 0 Å². The van der Waals surface area contributed by atoms with Crippen molar-refractivity contribution < 1.29 is 8.83 Å². The summed E-state index contributed by atoms with van der Waals surface area (Å²) < 4.78 is 12.6. The van der Waals surface area contributed by atoms with Crippen LogP contribution in [0, 0.1) is 13.8 Å². The highest BCUT2D eigenvalue weighted by Gasteiger charge is 2.24. The first-order chi connectivity index (χ1) is 11.7. The van der Waals surface area contributed by atoms with Gasteiger partial charge in [-0.1, -0.05) is 24.3 Å². The van der Waals surface area contributed by atoms with E-state index < -0.39 is 0 Å². The van der Waals surface area contributed by atoms with Crippen molar-refractivity contribution in [2.75, 3.05) is 0 Å². The van der Waals surface area contributed by atoms with Crippen LogP contribution in [-0.2, 0) is 0 Å². The quantitative estimate of drug-likeness (QED) is 0.232. The molecule has 4 aromatic carbocycles. The Morgan fingerprint density at radius 2 is 0.917 bits per heavy atom. The minimum absolute atomic E-state index is 0.916. The lowest BCUT2D eigenvalue weighted by Gasteiger charge is -2.20. The zero-order valence-corrected chi connectivity index (χ0v) is 13.4. The molecule has 0 spiro atoms. The third-order valence-electron chi connectivity index (χ3n) is 5.34. The van der Waals surface area contributed by atoms with Crippen LogP contribution in [-0.4, -0.2) is 0 Å². The summed E-state index contributed by atoms with van der Waals surface area (Å²) in [4.78, 5) is 0. The SMILES string of the molecule is Cc1ccc2oc3ccc4c(C)ccc5oc6ccc1c2c6-c3c54. The summed E-state index contributed by atoms with van der Waals surface area (Å²) in [6.45, 7) is 4.28. The van der Waals surface area contributed by atoms with Gasteiger partial charge in [0.15, 0.2) is 0 Å². The zero-order valence-electron chi connectivity index (χ0n) is 13.4. The molecule has 6 rings (SSSR count). The Bertz CT molecular complexity index is 1260. The second-order valence-corrected chi connectivity index (χ2v) is 6.69. The van der Waals surface area contributed by atoms with Crippen LogP contribution in [0.3, 0.4) is 0 Å². The molecule has 0 amide bonds. The Hall–Kier alpha value is -3.00. The van der Waals surface area contributed by atoms with Gasteiger partial charge in [-0.3, -0.25) is 0 Å². The summed E-state index contributed by atoms with van der Waals surface area (Å²) in [6, 6.07) is 16.8. The van der Waals surface area contributed by atoms with E-state index >= 15 is 0 Å². The molecule has 0 saturated carbocycles. The van der Waals surface area contributed by atoms with Crippen LogP contribution in [0.1, 0.15) is 11.1 Å². The fraction of sp³-hybridized carbons (Fsp3) is 0.0909. The molecule has 2 aliphatic rings. The molecule has 0 bridgehead atoms. The van der Waals surface area contributed by atoms with Crippen LogP contribution >= 0.6 is 0 Å². The summed E-state index contributed by atoms with van der Waals surface area (Å²) in [5, 5.41) is 4.79. The average molecular weight is 310 g/mol. The molecule has 2 aliphatic heterocycles. The molecule has 0 unspecified atom stereocenters. The first kappa shape index (κ1) is 12.4. The highest BCUT2D eigenvalue weighted by Crippen LogP contribution is 2.48. The van der Waals surface area contributed by atoms with Gasteiger partial charge in [0.2, 0.25) is 0 Å². The first-order valence-corrected chi connectivity index (χ1v) is 8.21. The van der Waals surface area contributed by atoms with E-state index in [-0.39, 0.29) is 0 Å². The summed E-state index contributed by atoms with van der Waals surface area (Å²) in [6.07, 6.45) is 0. The Morgan fingerprint density at radius 3 is 1.38 bits per heavy atom. The molecule has 114 valence electrons. The number of aryl methyl sites for hydroxylation is 2. The molecule has 0 fully saturated rings. The average Bonchev–Trinajstić information content (AvgIpc) is 2.61. The van der Waals surface area contributed by atoms with E-state index in [0.29, 0.717) is 0 Å².